The van der Waals surface area contributed by atoms with Crippen LogP contribution in [-0.2, 0) is 14.2 Å². The van der Waals surface area contributed by atoms with E-state index in [1.165, 1.54) is 14.2 Å². The van der Waals surface area contributed by atoms with Crippen molar-refractivity contribution >= 4 is 47.1 Å². The number of anilines is 2. The Morgan fingerprint density at radius 1 is 1.20 bits per heavy atom. The molecular weight excluding hydrogens is 719 g/mol. The largest absolute Gasteiger partial charge is 0.482 e. The maximum Gasteiger partial charge on any atom is 0.409 e. The maximum atomic E-state index is 17.3. The van der Waals surface area contributed by atoms with Gasteiger partial charge < -0.3 is 50.3 Å². The van der Waals surface area contributed by atoms with Gasteiger partial charge in [0.15, 0.2) is 5.83 Å². The zero-order valence-electron chi connectivity index (χ0n) is 31.6. The van der Waals surface area contributed by atoms with Gasteiger partial charge >= 0.3 is 12.1 Å². The number of nitrogen functional groups attached to an aromatic ring is 1. The Hall–Kier alpha value is -3.92. The predicted octanol–water partition coefficient (Wildman–Crippen LogP) is 2.98. The van der Waals surface area contributed by atoms with Gasteiger partial charge in [-0.15, -0.1) is 0 Å². The van der Waals surface area contributed by atoms with Gasteiger partial charge in [-0.25, -0.2) is 9.18 Å². The molecule has 54 heavy (non-hydrogen) atoms. The van der Waals surface area contributed by atoms with Crippen LogP contribution < -0.4 is 31.3 Å². The number of fused-ring (bicyclic) bond motifs is 2. The molecule has 16 heteroatoms. The number of aliphatic hydroxyl groups is 1. The van der Waals surface area contributed by atoms with Crippen LogP contribution in [0.1, 0.15) is 74.6 Å². The van der Waals surface area contributed by atoms with Crippen molar-refractivity contribution in [2.45, 2.75) is 82.5 Å². The molecule has 0 radical (unpaired) electrons. The Labute approximate surface area is 319 Å². The molecule has 1 aromatic carbocycles. The van der Waals surface area contributed by atoms with Crippen molar-refractivity contribution in [3.63, 3.8) is 0 Å². The monoisotopic (exact) mass is 770 g/mol. The number of nitrogens with one attached hydrogen (secondary N) is 2. The number of carbonyl (C=O) groups is 1. The molecule has 5 N–H and O–H groups in total. The molecule has 1 aliphatic carbocycles. The van der Waals surface area contributed by atoms with Crippen molar-refractivity contribution in [3.8, 4) is 6.01 Å². The summed E-state index contributed by atoms with van der Waals surface area (Å²) in [7, 11) is 2.90. The zero-order chi connectivity index (χ0) is 38.4. The first-order valence-electron chi connectivity index (χ1n) is 18.9. The molecule has 1 amide bonds. The topological polar surface area (TPSA) is 172 Å². The number of likely N-dealkylation sites (tertiary alicyclic amines) is 2. The highest BCUT2D eigenvalue weighted by Gasteiger charge is 2.50. The molecule has 4 aliphatic heterocycles. The number of hydrogen-bond donors (Lipinski definition) is 4. The van der Waals surface area contributed by atoms with Crippen LogP contribution in [0.25, 0.3) is 11.7 Å². The Kier molecular flexibility index (Phi) is 10.9. The quantitative estimate of drug-likeness (QED) is 0.229. The molecule has 4 fully saturated rings. The van der Waals surface area contributed by atoms with Crippen molar-refractivity contribution in [3.05, 3.63) is 38.3 Å². The minimum Gasteiger partial charge on any atom is -0.482 e. The SMILES string of the molecule is COC(=O)N1CCC(N2CCC[C@@]3(COc4nc(N5CCOC[C@@](C)(O)C5)c5c(n4)=C(F)C(c4c(C)c(Cl)cc(N)c4C=N)NC=5OC)CCC[C@@H]23)CC1. The Bertz CT molecular complexity index is 1910. The number of carbonyl (C=O) groups excluding carboxylic acids is 1. The molecule has 5 heterocycles. The summed E-state index contributed by atoms with van der Waals surface area (Å²) in [6.45, 7) is 7.14. The maximum absolute atomic E-state index is 17.3. The van der Waals surface area contributed by atoms with E-state index in [1.807, 2.05) is 4.90 Å². The van der Waals surface area contributed by atoms with Gasteiger partial charge in [-0.05, 0) is 76.1 Å². The second-order valence-corrected chi connectivity index (χ2v) is 16.0. The minimum atomic E-state index is -1.21. The lowest BCUT2D eigenvalue weighted by molar-refractivity contribution is -0.0353. The fraction of sp³-hybridized carbons (Fsp3) is 0.632. The highest BCUT2D eigenvalue weighted by molar-refractivity contribution is 6.32. The number of hydrogen-bond acceptors (Lipinski definition) is 13. The average Bonchev–Trinajstić information content (AvgIpc) is 3.52. The number of benzene rings is 1. The number of methoxy groups -OCH3 is 2. The van der Waals surface area contributed by atoms with E-state index in [4.69, 9.17) is 51.7 Å². The number of amides is 1. The van der Waals surface area contributed by atoms with Crippen LogP contribution in [0.4, 0.5) is 20.7 Å². The van der Waals surface area contributed by atoms with E-state index in [0.717, 1.165) is 57.7 Å². The van der Waals surface area contributed by atoms with Crippen molar-refractivity contribution in [2.75, 3.05) is 77.4 Å². The van der Waals surface area contributed by atoms with Crippen LogP contribution >= 0.6 is 11.6 Å². The number of ether oxygens (including phenoxy) is 4. The van der Waals surface area contributed by atoms with Crippen molar-refractivity contribution < 1.29 is 33.2 Å². The van der Waals surface area contributed by atoms with E-state index in [-0.39, 0.29) is 47.6 Å². The molecule has 294 valence electrons. The van der Waals surface area contributed by atoms with E-state index in [0.29, 0.717) is 77.7 Å². The van der Waals surface area contributed by atoms with Gasteiger partial charge in [-0.3, -0.25) is 4.90 Å². The third kappa shape index (κ3) is 7.03. The predicted molar refractivity (Wildman–Crippen MR) is 203 cm³/mol. The summed E-state index contributed by atoms with van der Waals surface area (Å²) >= 11 is 6.56. The van der Waals surface area contributed by atoms with Crippen molar-refractivity contribution in [1.82, 2.24) is 25.1 Å². The number of rotatable bonds is 8. The molecule has 3 saturated heterocycles. The number of halogens is 2. The molecule has 1 saturated carbocycles. The third-order valence-corrected chi connectivity index (χ3v) is 12.5. The third-order valence-electron chi connectivity index (χ3n) is 12.1. The summed E-state index contributed by atoms with van der Waals surface area (Å²) < 4.78 is 40.5. The standard InChI is InChI=1S/C38H52ClFN8O6/c1-22-25(39)17-26(42)24(18-41)28(22)31-30(40)32-29(34(43-31)51-3)33(47-15-16-53-20-37(2,50)19-47)45-35(44-32)54-21-38-10-5-7-27(38)48(12-6-11-38)23-8-13-46(14-9-23)36(49)52-4/h17-18,23,27,31,41,43,50H,5-16,19-21,42H2,1-4H3/t27-,31?,37+,38-/m1/s1. The van der Waals surface area contributed by atoms with Gasteiger partial charge in [-0.2, -0.15) is 9.97 Å². The number of aromatic nitrogens is 2. The lowest BCUT2D eigenvalue weighted by Crippen LogP contribution is -2.57. The Morgan fingerprint density at radius 3 is 2.69 bits per heavy atom. The van der Waals surface area contributed by atoms with E-state index in [1.54, 1.807) is 24.8 Å². The van der Waals surface area contributed by atoms with Gasteiger partial charge in [0.1, 0.15) is 28.0 Å². The molecule has 2 aromatic rings. The summed E-state index contributed by atoms with van der Waals surface area (Å²) in [5, 5.41) is 23.1. The molecule has 4 atom stereocenters. The zero-order valence-corrected chi connectivity index (χ0v) is 32.3. The summed E-state index contributed by atoms with van der Waals surface area (Å²) in [5.74, 6) is -0.0762. The van der Waals surface area contributed by atoms with Crippen molar-refractivity contribution in [2.24, 2.45) is 5.41 Å². The lowest BCUT2D eigenvalue weighted by atomic mass is 9.74. The van der Waals surface area contributed by atoms with Crippen LogP contribution in [0.2, 0.25) is 5.02 Å². The lowest BCUT2D eigenvalue weighted by Gasteiger charge is -2.50. The first-order valence-corrected chi connectivity index (χ1v) is 19.3. The molecule has 5 aliphatic rings. The summed E-state index contributed by atoms with van der Waals surface area (Å²) in [4.78, 5) is 28.1. The van der Waals surface area contributed by atoms with Gasteiger partial charge in [0, 0.05) is 59.6 Å². The highest BCUT2D eigenvalue weighted by atomic mass is 35.5. The molecule has 1 aromatic heterocycles. The first kappa shape index (κ1) is 38.4. The van der Waals surface area contributed by atoms with Crippen LogP contribution in [0.3, 0.4) is 0 Å². The number of piperidine rings is 2. The molecular formula is C38H52ClFN8O6. The van der Waals surface area contributed by atoms with Crippen LogP contribution in [0, 0.1) is 17.7 Å². The normalized spacial score (nSPS) is 27.8. The second-order valence-electron chi connectivity index (χ2n) is 15.6. The van der Waals surface area contributed by atoms with Crippen LogP contribution in [-0.4, -0.2) is 122 Å². The molecule has 1 unspecified atom stereocenters. The van der Waals surface area contributed by atoms with Crippen molar-refractivity contribution in [1.29, 1.82) is 5.41 Å². The van der Waals surface area contributed by atoms with E-state index in [9.17, 15) is 9.90 Å². The van der Waals surface area contributed by atoms with Gasteiger partial charge in [0.25, 0.3) is 0 Å². The minimum absolute atomic E-state index is 0.0163. The highest BCUT2D eigenvalue weighted by Crippen LogP contribution is 2.49. The number of nitrogens with zero attached hydrogens (tertiary/aromatic N) is 5. The summed E-state index contributed by atoms with van der Waals surface area (Å²) in [6.07, 6.45) is 7.75. The second kappa shape index (κ2) is 15.3. The van der Waals surface area contributed by atoms with Gasteiger partial charge in [-0.1, -0.05) is 18.0 Å². The summed E-state index contributed by atoms with van der Waals surface area (Å²) in [6, 6.07) is 1.12. The Morgan fingerprint density at radius 2 is 1.96 bits per heavy atom. The number of β-amino-alcohol motifs (C(OH)–C–C–N with tert-alkyl or cyclic N) is 1. The fourth-order valence-corrected chi connectivity index (χ4v) is 9.71. The van der Waals surface area contributed by atoms with Gasteiger partial charge in [0.05, 0.1) is 40.6 Å². The Balaban J connectivity index is 1.28. The van der Waals surface area contributed by atoms with E-state index in [2.05, 4.69) is 10.2 Å². The van der Waals surface area contributed by atoms with Gasteiger partial charge in [0.2, 0.25) is 5.88 Å². The molecule has 14 nitrogen and oxygen atoms in total. The smallest absolute Gasteiger partial charge is 0.409 e. The first-order chi connectivity index (χ1) is 25.9. The van der Waals surface area contributed by atoms with E-state index >= 15 is 4.39 Å². The average molecular weight is 771 g/mol. The molecule has 0 bridgehead atoms. The van der Waals surface area contributed by atoms with Crippen LogP contribution in [0.5, 0.6) is 6.01 Å². The summed E-state index contributed by atoms with van der Waals surface area (Å²) in [5.41, 5.74) is 6.48. The van der Waals surface area contributed by atoms with E-state index < -0.39 is 17.5 Å². The fourth-order valence-electron chi connectivity index (χ4n) is 9.49. The molecule has 7 rings (SSSR count). The molecule has 0 spiro atoms. The number of nitrogens with two attached hydrogens (primary N) is 1. The van der Waals surface area contributed by atoms with Crippen LogP contribution in [0.15, 0.2) is 6.07 Å².